The monoisotopic (exact) mass is 574 g/mol. The van der Waals surface area contributed by atoms with Gasteiger partial charge in [0.2, 0.25) is 5.91 Å². The van der Waals surface area contributed by atoms with Crippen molar-refractivity contribution in [3.05, 3.63) is 113 Å². The molecule has 4 aliphatic heterocycles. The molecule has 2 fully saturated rings. The molecular weight excluding hydrogens is 540 g/mol. The van der Waals surface area contributed by atoms with Gasteiger partial charge in [0.15, 0.2) is 10.7 Å². The van der Waals surface area contributed by atoms with E-state index in [1.807, 2.05) is 60.5 Å². The molecule has 212 valence electrons. The van der Waals surface area contributed by atoms with Gasteiger partial charge in [-0.05, 0) is 55.5 Å². The summed E-state index contributed by atoms with van der Waals surface area (Å²) >= 11 is 1.54. The number of amidine groups is 1. The van der Waals surface area contributed by atoms with Crippen LogP contribution < -0.4 is 5.32 Å². The zero-order chi connectivity index (χ0) is 28.5. The van der Waals surface area contributed by atoms with Crippen LogP contribution in [0.15, 0.2) is 101 Å². The topological polar surface area (TPSA) is 65.0 Å². The first-order chi connectivity index (χ1) is 20.6. The van der Waals surface area contributed by atoms with E-state index >= 15 is 4.79 Å². The van der Waals surface area contributed by atoms with E-state index in [0.717, 1.165) is 58.9 Å². The Morgan fingerprint density at radius 1 is 0.833 bits per heavy atom. The van der Waals surface area contributed by atoms with Gasteiger partial charge in [-0.15, -0.1) is 0 Å². The summed E-state index contributed by atoms with van der Waals surface area (Å²) < 4.78 is -1.13. The first-order valence-electron chi connectivity index (χ1n) is 15.1. The van der Waals surface area contributed by atoms with E-state index < -0.39 is 10.3 Å². The minimum atomic E-state index is -1.18. The molecule has 2 saturated heterocycles. The van der Waals surface area contributed by atoms with Crippen molar-refractivity contribution in [2.24, 2.45) is 4.99 Å². The van der Waals surface area contributed by atoms with Crippen LogP contribution in [0.3, 0.4) is 0 Å². The number of anilines is 1. The Hall–Kier alpha value is -3.68. The van der Waals surface area contributed by atoms with Crippen LogP contribution in [0.2, 0.25) is 0 Å². The van der Waals surface area contributed by atoms with Gasteiger partial charge in [0, 0.05) is 29.4 Å². The minimum absolute atomic E-state index is 0.0150. The van der Waals surface area contributed by atoms with Crippen LogP contribution in [-0.4, -0.2) is 45.1 Å². The average molecular weight is 575 g/mol. The Balaban J connectivity index is 1.38. The molecule has 1 N–H and O–H groups in total. The molecule has 8 rings (SSSR count). The summed E-state index contributed by atoms with van der Waals surface area (Å²) in [5, 5.41) is 3.92. The van der Waals surface area contributed by atoms with Crippen molar-refractivity contribution in [1.29, 1.82) is 0 Å². The standard InChI is InChI=1S/C35H34N4O2S/c1-38-22-27(23-14-6-4-7-15-23)35(34(38)26-19-12-13-21-29(26)36-31(34)40)32(41)39-30(24-16-8-5-9-17-24)25-18-10-2-3-11-20-28(25)37-33(39)42-35/h4-9,12-17,19,21,27,30H,2-3,10-11,18,20,22H2,1H3,(H,36,40)/t27-,30-,34+,35-/m1/s1. The van der Waals surface area contributed by atoms with Gasteiger partial charge >= 0.3 is 0 Å². The first-order valence-corrected chi connectivity index (χ1v) is 15.9. The summed E-state index contributed by atoms with van der Waals surface area (Å²) in [6, 6.07) is 28.4. The zero-order valence-electron chi connectivity index (χ0n) is 23.8. The van der Waals surface area contributed by atoms with Crippen LogP contribution in [-0.2, 0) is 15.1 Å². The van der Waals surface area contributed by atoms with Crippen LogP contribution in [0.25, 0.3) is 0 Å². The number of nitrogens with zero attached hydrogens (tertiary/aromatic N) is 3. The molecule has 2 amide bonds. The van der Waals surface area contributed by atoms with E-state index in [0.29, 0.717) is 6.54 Å². The molecular formula is C35H34N4O2S. The lowest BCUT2D eigenvalue weighted by molar-refractivity contribution is -0.139. The van der Waals surface area contributed by atoms with E-state index in [-0.39, 0.29) is 23.8 Å². The highest BCUT2D eigenvalue weighted by molar-refractivity contribution is 8.16. The second-order valence-electron chi connectivity index (χ2n) is 12.2. The summed E-state index contributed by atoms with van der Waals surface area (Å²) in [4.78, 5) is 39.5. The molecule has 3 aromatic rings. The van der Waals surface area contributed by atoms with Crippen molar-refractivity contribution in [2.45, 2.75) is 60.8 Å². The maximum atomic E-state index is 15.6. The highest BCUT2D eigenvalue weighted by Crippen LogP contribution is 2.67. The van der Waals surface area contributed by atoms with Crippen molar-refractivity contribution in [1.82, 2.24) is 9.80 Å². The fraction of sp³-hybridized carbons (Fsp3) is 0.343. The number of nitrogens with one attached hydrogen (secondary N) is 1. The molecule has 3 aromatic carbocycles. The summed E-state index contributed by atoms with van der Waals surface area (Å²) in [5.74, 6) is -0.363. The molecule has 2 spiro atoms. The molecule has 7 heteroatoms. The molecule has 1 aliphatic carbocycles. The maximum Gasteiger partial charge on any atom is 0.251 e. The van der Waals surface area contributed by atoms with Gasteiger partial charge in [0.25, 0.3) is 5.91 Å². The molecule has 0 bridgehead atoms. The second kappa shape index (κ2) is 9.68. The number of likely N-dealkylation sites (tertiary alicyclic amines) is 1. The smallest absolute Gasteiger partial charge is 0.251 e. The van der Waals surface area contributed by atoms with Crippen molar-refractivity contribution < 1.29 is 9.59 Å². The summed E-state index contributed by atoms with van der Waals surface area (Å²) in [6.07, 6.45) is 6.47. The Morgan fingerprint density at radius 3 is 2.26 bits per heavy atom. The molecule has 6 nitrogen and oxygen atoms in total. The third kappa shape index (κ3) is 3.35. The van der Waals surface area contributed by atoms with Gasteiger partial charge in [-0.2, -0.15) is 0 Å². The summed E-state index contributed by atoms with van der Waals surface area (Å²) in [7, 11) is 2.01. The van der Waals surface area contributed by atoms with Crippen molar-refractivity contribution in [2.75, 3.05) is 18.9 Å². The van der Waals surface area contributed by atoms with E-state index in [1.54, 1.807) is 0 Å². The fourth-order valence-corrected chi connectivity index (χ4v) is 10.1. The molecule has 5 aliphatic rings. The number of carbonyl (C=O) groups excluding carboxylic acids is 2. The largest absolute Gasteiger partial charge is 0.324 e. The van der Waals surface area contributed by atoms with Gasteiger partial charge in [0.05, 0.1) is 6.04 Å². The Labute approximate surface area is 250 Å². The molecule has 0 unspecified atom stereocenters. The number of amides is 2. The third-order valence-electron chi connectivity index (χ3n) is 10.1. The highest BCUT2D eigenvalue weighted by atomic mass is 32.2. The van der Waals surface area contributed by atoms with Crippen LogP contribution in [0.5, 0.6) is 0 Å². The quantitative estimate of drug-likeness (QED) is 0.375. The van der Waals surface area contributed by atoms with Crippen LogP contribution >= 0.6 is 11.8 Å². The van der Waals surface area contributed by atoms with Gasteiger partial charge in [0.1, 0.15) is 4.75 Å². The highest BCUT2D eigenvalue weighted by Gasteiger charge is 2.78. The van der Waals surface area contributed by atoms with Gasteiger partial charge in [-0.25, -0.2) is 4.99 Å². The van der Waals surface area contributed by atoms with Gasteiger partial charge < -0.3 is 5.32 Å². The molecule has 42 heavy (non-hydrogen) atoms. The summed E-state index contributed by atoms with van der Waals surface area (Å²) in [5.41, 5.74) is 5.07. The lowest BCUT2D eigenvalue weighted by atomic mass is 9.71. The van der Waals surface area contributed by atoms with Crippen LogP contribution in [0, 0.1) is 0 Å². The number of allylic oxidation sites excluding steroid dienone is 1. The van der Waals surface area contributed by atoms with E-state index in [2.05, 4.69) is 46.6 Å². The van der Waals surface area contributed by atoms with E-state index in [4.69, 9.17) is 4.99 Å². The van der Waals surface area contributed by atoms with Crippen molar-refractivity contribution in [3.63, 3.8) is 0 Å². The Morgan fingerprint density at radius 2 is 1.50 bits per heavy atom. The Bertz CT molecular complexity index is 1650. The molecule has 4 atom stereocenters. The molecule has 0 aromatic heterocycles. The first kappa shape index (κ1) is 26.0. The number of aliphatic imine (C=N–C) groups is 1. The number of rotatable bonds is 2. The lowest BCUT2D eigenvalue weighted by Crippen LogP contribution is -2.62. The molecule has 0 saturated carbocycles. The van der Waals surface area contributed by atoms with E-state index in [9.17, 15) is 4.79 Å². The number of para-hydroxylation sites is 1. The minimum Gasteiger partial charge on any atom is -0.324 e. The number of hydrogen-bond acceptors (Lipinski definition) is 5. The normalized spacial score (nSPS) is 30.6. The number of likely N-dealkylation sites (N-methyl/N-ethyl adjacent to an activating group) is 1. The third-order valence-corrected chi connectivity index (χ3v) is 11.6. The lowest BCUT2D eigenvalue weighted by Gasteiger charge is -2.42. The van der Waals surface area contributed by atoms with Crippen LogP contribution in [0.1, 0.15) is 67.2 Å². The van der Waals surface area contributed by atoms with Crippen molar-refractivity contribution >= 4 is 34.4 Å². The second-order valence-corrected chi connectivity index (χ2v) is 13.4. The number of thioether (sulfide) groups is 1. The number of hydrogen-bond donors (Lipinski definition) is 1. The zero-order valence-corrected chi connectivity index (χ0v) is 24.6. The van der Waals surface area contributed by atoms with Crippen molar-refractivity contribution in [3.8, 4) is 0 Å². The fourth-order valence-electron chi connectivity index (χ4n) is 8.29. The SMILES string of the molecule is CN1C[C@H](c2ccccc2)[C@]2(SC3=NC4=C(CCCCCC4)[C@@H](c4ccccc4)N3C2=O)[C@]12C(=O)Nc1ccccc12. The number of carbonyl (C=O) groups is 2. The maximum absolute atomic E-state index is 15.6. The van der Waals surface area contributed by atoms with Gasteiger partial charge in [-0.3, -0.25) is 19.4 Å². The summed E-state index contributed by atoms with van der Waals surface area (Å²) in [6.45, 7) is 0.578. The number of benzene rings is 3. The number of fused-ring (bicyclic) bond motifs is 4. The predicted octanol–water partition coefficient (Wildman–Crippen LogP) is 6.60. The van der Waals surface area contributed by atoms with E-state index in [1.165, 1.54) is 30.2 Å². The predicted molar refractivity (Wildman–Crippen MR) is 167 cm³/mol. The van der Waals surface area contributed by atoms with Gasteiger partial charge in [-0.1, -0.05) is 103 Å². The molecule has 0 radical (unpaired) electrons. The molecule has 4 heterocycles. The average Bonchev–Trinajstić information content (AvgIpc) is 3.57. The Kier molecular flexibility index (Phi) is 5.99. The van der Waals surface area contributed by atoms with Crippen LogP contribution in [0.4, 0.5) is 5.69 Å².